The number of ether oxygens (including phenoxy) is 1. The number of hydrogen-bond donors (Lipinski definition) is 1. The van der Waals surface area contributed by atoms with Crippen molar-refractivity contribution in [3.8, 4) is 0 Å². The van der Waals surface area contributed by atoms with E-state index in [1.807, 2.05) is 0 Å². The van der Waals surface area contributed by atoms with Gasteiger partial charge in [-0.3, -0.25) is 13.9 Å². The van der Waals surface area contributed by atoms with Gasteiger partial charge in [0, 0.05) is 18.3 Å². The van der Waals surface area contributed by atoms with Crippen LogP contribution in [0.2, 0.25) is 0 Å². The maximum absolute atomic E-state index is 13.3. The molecule has 0 saturated carbocycles. The number of amides is 1. The van der Waals surface area contributed by atoms with Gasteiger partial charge in [-0.05, 0) is 38.4 Å². The molecule has 1 aliphatic heterocycles. The third kappa shape index (κ3) is 7.09. The van der Waals surface area contributed by atoms with Crippen molar-refractivity contribution in [1.82, 2.24) is 19.1 Å². The summed E-state index contributed by atoms with van der Waals surface area (Å²) in [5.74, 6) is -1.29. The summed E-state index contributed by atoms with van der Waals surface area (Å²) in [5.41, 5.74) is 0.422. The second-order valence-electron chi connectivity index (χ2n) is 8.23. The molecule has 37 heavy (non-hydrogen) atoms. The number of alkyl halides is 6. The van der Waals surface area contributed by atoms with Gasteiger partial charge in [0.25, 0.3) is 14.1 Å². The second-order valence-corrected chi connectivity index (χ2v) is 9.95. The summed E-state index contributed by atoms with van der Waals surface area (Å²) in [5, 5.41) is 0. The number of benzene rings is 1. The smallest absolute Gasteiger partial charge is 0.383 e. The molecule has 10 nitrogen and oxygen atoms in total. The highest BCUT2D eigenvalue weighted by Crippen LogP contribution is 2.37. The van der Waals surface area contributed by atoms with Crippen molar-refractivity contribution in [3.63, 3.8) is 0 Å². The monoisotopic (exact) mass is 557 g/mol. The Hall–Kier alpha value is -2.94. The van der Waals surface area contributed by atoms with Crippen molar-refractivity contribution in [1.29, 1.82) is 0 Å². The summed E-state index contributed by atoms with van der Waals surface area (Å²) >= 11 is 0. The van der Waals surface area contributed by atoms with Crippen molar-refractivity contribution in [2.45, 2.75) is 24.7 Å². The van der Waals surface area contributed by atoms with Crippen molar-refractivity contribution in [2.24, 2.45) is 0 Å². The number of aromatic nitrogens is 2. The molecule has 0 aliphatic carbocycles. The van der Waals surface area contributed by atoms with Gasteiger partial charge in [0.2, 0.25) is 0 Å². The molecule has 1 amide bonds. The molecule has 3 unspecified atom stereocenters. The fourth-order valence-corrected chi connectivity index (χ4v) is 4.01. The normalized spacial score (nSPS) is 19.8. The van der Waals surface area contributed by atoms with Gasteiger partial charge in [0.1, 0.15) is 11.9 Å². The number of nitrogens with zero attached hydrogens (tertiary/aromatic N) is 4. The number of hydrogen-bond acceptors (Lipinski definition) is 7. The predicted molar refractivity (Wildman–Crippen MR) is 118 cm³/mol. The zero-order chi connectivity index (χ0) is 27.7. The van der Waals surface area contributed by atoms with Crippen LogP contribution in [0.1, 0.15) is 27.7 Å². The Balaban J connectivity index is 1.98. The first-order valence-electron chi connectivity index (χ1n) is 10.5. The first kappa shape index (κ1) is 28.6. The summed E-state index contributed by atoms with van der Waals surface area (Å²) in [4.78, 5) is 30.0. The number of carbonyl (C=O) groups excluding carboxylic acids is 1. The fourth-order valence-electron chi connectivity index (χ4n) is 3.43. The van der Waals surface area contributed by atoms with Crippen LogP contribution in [0, 0.1) is 0 Å². The molecule has 0 spiro atoms. The van der Waals surface area contributed by atoms with E-state index < -0.39 is 67.7 Å². The van der Waals surface area contributed by atoms with Crippen LogP contribution in [-0.2, 0) is 26.2 Å². The molecule has 1 aromatic heterocycles. The average molecular weight is 557 g/mol. The molecule has 1 saturated heterocycles. The molecule has 3 atom stereocenters. The minimum absolute atomic E-state index is 0.0891. The summed E-state index contributed by atoms with van der Waals surface area (Å²) in [7, 11) is 0.278. The third-order valence-electron chi connectivity index (χ3n) is 5.19. The van der Waals surface area contributed by atoms with Crippen LogP contribution in [-0.4, -0.2) is 64.9 Å². The standard InChI is InChI=1S/C20H22F6N5O5P/c1-29(2)37(34)35-10-14-8-30(9-16(36-14)31-4-3-15(27)28-18(31)33)17(32)11-5-12(19(21,22)23)7-13(6-11)20(24,25)26/h3-7,14,16,37H,8-10H2,1-2H3,(H2,27,28,33). The maximum Gasteiger partial charge on any atom is 0.416 e. The largest absolute Gasteiger partial charge is 0.416 e. The fraction of sp³-hybridized carbons (Fsp3) is 0.450. The molecular weight excluding hydrogens is 535 g/mol. The van der Waals surface area contributed by atoms with Gasteiger partial charge in [0.05, 0.1) is 24.3 Å². The van der Waals surface area contributed by atoms with Gasteiger partial charge < -0.3 is 19.9 Å². The minimum Gasteiger partial charge on any atom is -0.383 e. The van der Waals surface area contributed by atoms with Crippen molar-refractivity contribution < 1.29 is 45.0 Å². The molecule has 2 aromatic rings. The first-order valence-corrected chi connectivity index (χ1v) is 11.8. The molecule has 2 N–H and O–H groups in total. The van der Waals surface area contributed by atoms with Crippen molar-refractivity contribution in [3.05, 3.63) is 57.6 Å². The van der Waals surface area contributed by atoms with Gasteiger partial charge in [0.15, 0.2) is 6.23 Å². The lowest BCUT2D eigenvalue weighted by Crippen LogP contribution is -2.51. The van der Waals surface area contributed by atoms with Gasteiger partial charge in [-0.15, -0.1) is 0 Å². The van der Waals surface area contributed by atoms with Crippen LogP contribution >= 0.6 is 8.18 Å². The molecule has 17 heteroatoms. The Labute approximate surface area is 206 Å². The zero-order valence-electron chi connectivity index (χ0n) is 19.3. The molecule has 204 valence electrons. The second kappa shape index (κ2) is 10.8. The number of halogens is 6. The van der Waals surface area contributed by atoms with Gasteiger partial charge in [-0.25, -0.2) is 9.46 Å². The zero-order valence-corrected chi connectivity index (χ0v) is 20.3. The Morgan fingerprint density at radius 1 is 1.16 bits per heavy atom. The number of nitrogen functional groups attached to an aromatic ring is 1. The summed E-state index contributed by atoms with van der Waals surface area (Å²) < 4.78 is 105. The number of anilines is 1. The first-order chi connectivity index (χ1) is 17.1. The molecule has 3 rings (SSSR count). The van der Waals surface area contributed by atoms with Gasteiger partial charge in [-0.1, -0.05) is 0 Å². The average Bonchev–Trinajstić information content (AvgIpc) is 2.80. The lowest BCUT2D eigenvalue weighted by Gasteiger charge is -2.38. The van der Waals surface area contributed by atoms with Crippen LogP contribution in [0.5, 0.6) is 0 Å². The van der Waals surface area contributed by atoms with E-state index in [1.54, 1.807) is 0 Å². The van der Waals surface area contributed by atoms with Crippen LogP contribution in [0.3, 0.4) is 0 Å². The molecule has 1 aliphatic rings. The van der Waals surface area contributed by atoms with Crippen LogP contribution < -0.4 is 11.4 Å². The van der Waals surface area contributed by atoms with E-state index in [1.165, 1.54) is 31.0 Å². The molecule has 2 heterocycles. The number of rotatable bonds is 6. The van der Waals surface area contributed by atoms with E-state index >= 15 is 0 Å². The lowest BCUT2D eigenvalue weighted by molar-refractivity contribution is -0.143. The van der Waals surface area contributed by atoms with E-state index in [4.69, 9.17) is 15.0 Å². The number of morpholine rings is 1. The Bertz CT molecular complexity index is 1200. The molecular formula is C20H22F6N5O5P. The van der Waals surface area contributed by atoms with Gasteiger partial charge >= 0.3 is 18.0 Å². The number of nitrogens with two attached hydrogens (primary N) is 1. The highest BCUT2D eigenvalue weighted by molar-refractivity contribution is 7.36. The summed E-state index contributed by atoms with van der Waals surface area (Å²) in [6.07, 6.45) is -11.4. The molecule has 1 aromatic carbocycles. The highest BCUT2D eigenvalue weighted by Gasteiger charge is 2.39. The molecule has 1 fully saturated rings. The molecule has 0 radical (unpaired) electrons. The van der Waals surface area contributed by atoms with Crippen molar-refractivity contribution >= 4 is 19.9 Å². The van der Waals surface area contributed by atoms with Gasteiger partial charge in [-0.2, -0.15) is 31.3 Å². The minimum atomic E-state index is -5.15. The summed E-state index contributed by atoms with van der Waals surface area (Å²) in [6.45, 7) is -1.13. The van der Waals surface area contributed by atoms with Crippen molar-refractivity contribution in [2.75, 3.05) is 39.5 Å². The topological polar surface area (TPSA) is 120 Å². The van der Waals surface area contributed by atoms with Crippen LogP contribution in [0.15, 0.2) is 35.3 Å². The van der Waals surface area contributed by atoms with E-state index in [9.17, 15) is 40.5 Å². The van der Waals surface area contributed by atoms with E-state index in [0.29, 0.717) is 12.1 Å². The van der Waals surface area contributed by atoms with E-state index in [2.05, 4.69) is 4.98 Å². The Kier molecular flexibility index (Phi) is 8.37. The highest BCUT2D eigenvalue weighted by atomic mass is 31.1. The Morgan fingerprint density at radius 3 is 2.27 bits per heavy atom. The van der Waals surface area contributed by atoms with Crippen LogP contribution in [0.4, 0.5) is 32.2 Å². The van der Waals surface area contributed by atoms with E-state index in [-0.39, 0.29) is 25.0 Å². The Morgan fingerprint density at radius 2 is 1.76 bits per heavy atom. The quantitative estimate of drug-likeness (QED) is 0.426. The predicted octanol–water partition coefficient (Wildman–Crippen LogP) is 2.87. The third-order valence-corrected chi connectivity index (χ3v) is 6.34. The summed E-state index contributed by atoms with van der Waals surface area (Å²) in [6, 6.07) is 1.79. The maximum atomic E-state index is 13.3. The van der Waals surface area contributed by atoms with E-state index in [0.717, 1.165) is 9.47 Å². The molecule has 0 bridgehead atoms. The SMILES string of the molecule is CN(C)[PH](=O)OCC1CN(C(=O)c2cc(C(F)(F)F)cc(C(F)(F)F)c2)CC(n2ccc(N)nc2=O)O1. The number of carbonyl (C=O) groups is 1. The van der Waals surface area contributed by atoms with Crippen LogP contribution in [0.25, 0.3) is 0 Å². The lowest BCUT2D eigenvalue weighted by atomic mass is 10.0.